The highest BCUT2D eigenvalue weighted by atomic mass is 32.1. The van der Waals surface area contributed by atoms with Crippen LogP contribution in [0.1, 0.15) is 17.3 Å². The number of nitro groups is 1. The molecule has 9 nitrogen and oxygen atoms in total. The predicted octanol–water partition coefficient (Wildman–Crippen LogP) is 2.96. The second-order valence-corrected chi connectivity index (χ2v) is 6.83. The van der Waals surface area contributed by atoms with Crippen LogP contribution in [0.25, 0.3) is 0 Å². The molecule has 1 aliphatic rings. The molecule has 1 saturated heterocycles. The number of hydrogen-bond acceptors (Lipinski definition) is 7. The Bertz CT molecular complexity index is 929. The number of carbonyl (C=O) groups excluding carboxylic acids is 1. The van der Waals surface area contributed by atoms with Gasteiger partial charge >= 0.3 is 0 Å². The van der Waals surface area contributed by atoms with E-state index < -0.39 is 10.8 Å². The number of nitrogens with zero attached hydrogens (tertiary/aromatic N) is 2. The number of carbonyl (C=O) groups is 1. The third-order valence-corrected chi connectivity index (χ3v) is 4.64. The van der Waals surface area contributed by atoms with Gasteiger partial charge in [0.15, 0.2) is 5.11 Å². The van der Waals surface area contributed by atoms with Crippen molar-refractivity contribution in [3.63, 3.8) is 0 Å². The Morgan fingerprint density at radius 2 is 1.93 bits per heavy atom. The van der Waals surface area contributed by atoms with Crippen LogP contribution in [-0.2, 0) is 4.74 Å². The van der Waals surface area contributed by atoms with E-state index >= 15 is 0 Å². The number of rotatable bonds is 6. The van der Waals surface area contributed by atoms with Gasteiger partial charge in [0.25, 0.3) is 11.6 Å². The van der Waals surface area contributed by atoms with E-state index in [0.29, 0.717) is 55.6 Å². The van der Waals surface area contributed by atoms with Crippen LogP contribution in [0, 0.1) is 10.1 Å². The van der Waals surface area contributed by atoms with Crippen molar-refractivity contribution in [3.05, 3.63) is 58.1 Å². The van der Waals surface area contributed by atoms with Crippen LogP contribution in [0.15, 0.2) is 42.5 Å². The molecule has 0 spiro atoms. The fraction of sp³-hybridized carbons (Fsp3) is 0.300. The van der Waals surface area contributed by atoms with Gasteiger partial charge in [-0.25, -0.2) is 0 Å². The summed E-state index contributed by atoms with van der Waals surface area (Å²) in [6, 6.07) is 11.4. The topological polar surface area (TPSA) is 106 Å². The molecule has 158 valence electrons. The molecule has 2 aromatic carbocycles. The van der Waals surface area contributed by atoms with E-state index in [2.05, 4.69) is 10.6 Å². The SMILES string of the molecule is CCOc1ccc(C(=O)NC(=S)Nc2ccc(N3CCOCC3)c([N+](=O)[O-])c2)cc1. The summed E-state index contributed by atoms with van der Waals surface area (Å²) in [5.74, 6) is 0.275. The minimum absolute atomic E-state index is 0.0393. The summed E-state index contributed by atoms with van der Waals surface area (Å²) >= 11 is 5.18. The first-order valence-corrected chi connectivity index (χ1v) is 9.85. The quantitative estimate of drug-likeness (QED) is 0.409. The molecule has 1 heterocycles. The molecule has 2 N–H and O–H groups in total. The Morgan fingerprint density at radius 1 is 1.23 bits per heavy atom. The van der Waals surface area contributed by atoms with Gasteiger partial charge in [-0.1, -0.05) is 0 Å². The molecule has 1 aliphatic heterocycles. The highest BCUT2D eigenvalue weighted by Crippen LogP contribution is 2.31. The smallest absolute Gasteiger partial charge is 0.294 e. The minimum atomic E-state index is -0.433. The van der Waals surface area contributed by atoms with Crippen molar-refractivity contribution in [1.29, 1.82) is 0 Å². The van der Waals surface area contributed by atoms with E-state index in [9.17, 15) is 14.9 Å². The average Bonchev–Trinajstić information content (AvgIpc) is 2.75. The number of nitro benzene ring substituents is 1. The van der Waals surface area contributed by atoms with Crippen LogP contribution in [0.4, 0.5) is 17.1 Å². The summed E-state index contributed by atoms with van der Waals surface area (Å²) in [6.45, 7) is 4.64. The molecule has 0 aromatic heterocycles. The molecule has 10 heteroatoms. The van der Waals surface area contributed by atoms with Crippen LogP contribution in [0.5, 0.6) is 5.75 Å². The first kappa shape index (κ1) is 21.5. The molecule has 2 aromatic rings. The summed E-state index contributed by atoms with van der Waals surface area (Å²) in [4.78, 5) is 25.4. The van der Waals surface area contributed by atoms with Crippen LogP contribution >= 0.6 is 12.2 Å². The number of morpholine rings is 1. The normalized spacial score (nSPS) is 13.4. The van der Waals surface area contributed by atoms with Crippen molar-refractivity contribution in [2.24, 2.45) is 0 Å². The van der Waals surface area contributed by atoms with Crippen molar-refractivity contribution < 1.29 is 19.2 Å². The van der Waals surface area contributed by atoms with Gasteiger partial charge in [-0.05, 0) is 55.5 Å². The van der Waals surface area contributed by atoms with E-state index in [0.717, 1.165) is 0 Å². The van der Waals surface area contributed by atoms with Gasteiger partial charge in [0.2, 0.25) is 0 Å². The largest absolute Gasteiger partial charge is 0.494 e. The fourth-order valence-corrected chi connectivity index (χ4v) is 3.24. The maximum absolute atomic E-state index is 12.3. The lowest BCUT2D eigenvalue weighted by Crippen LogP contribution is -2.36. The van der Waals surface area contributed by atoms with Gasteiger partial charge in [0.1, 0.15) is 11.4 Å². The molecule has 0 radical (unpaired) electrons. The van der Waals surface area contributed by atoms with Crippen LogP contribution in [0.2, 0.25) is 0 Å². The Labute approximate surface area is 179 Å². The van der Waals surface area contributed by atoms with Gasteiger partial charge < -0.3 is 19.7 Å². The third kappa shape index (κ3) is 5.43. The van der Waals surface area contributed by atoms with Gasteiger partial charge in [-0.2, -0.15) is 0 Å². The monoisotopic (exact) mass is 430 g/mol. The van der Waals surface area contributed by atoms with E-state index in [4.69, 9.17) is 21.7 Å². The average molecular weight is 430 g/mol. The minimum Gasteiger partial charge on any atom is -0.494 e. The Kier molecular flexibility index (Phi) is 7.15. The highest BCUT2D eigenvalue weighted by molar-refractivity contribution is 7.80. The molecule has 0 saturated carbocycles. The lowest BCUT2D eigenvalue weighted by atomic mass is 10.2. The molecule has 0 aliphatic carbocycles. The molecule has 1 amide bonds. The van der Waals surface area contributed by atoms with Gasteiger partial charge in [0, 0.05) is 30.4 Å². The first-order valence-electron chi connectivity index (χ1n) is 9.44. The van der Waals surface area contributed by atoms with Crippen LogP contribution < -0.4 is 20.3 Å². The Morgan fingerprint density at radius 3 is 2.57 bits per heavy atom. The molecular weight excluding hydrogens is 408 g/mol. The molecule has 0 unspecified atom stereocenters. The number of thiocarbonyl (C=S) groups is 1. The van der Waals surface area contributed by atoms with Crippen molar-refractivity contribution in [2.45, 2.75) is 6.92 Å². The molecular formula is C20H22N4O5S. The second kappa shape index (κ2) is 9.99. The van der Waals surface area contributed by atoms with Crippen LogP contribution in [-0.4, -0.2) is 48.9 Å². The number of nitrogens with one attached hydrogen (secondary N) is 2. The Balaban J connectivity index is 1.66. The van der Waals surface area contributed by atoms with Crippen molar-refractivity contribution in [3.8, 4) is 5.75 Å². The standard InChI is InChI=1S/C20H22N4O5S/c1-2-29-16-6-3-14(4-7-16)19(25)22-20(30)21-15-5-8-17(18(13-15)24(26)27)23-9-11-28-12-10-23/h3-8,13H,2,9-12H2,1H3,(H2,21,22,25,30). The zero-order valence-corrected chi connectivity index (χ0v) is 17.2. The number of anilines is 2. The summed E-state index contributed by atoms with van der Waals surface area (Å²) < 4.78 is 10.7. The van der Waals surface area contributed by atoms with Gasteiger partial charge in [-0.15, -0.1) is 0 Å². The lowest BCUT2D eigenvalue weighted by molar-refractivity contribution is -0.384. The zero-order chi connectivity index (χ0) is 21.5. The molecule has 3 rings (SSSR count). The van der Waals surface area contributed by atoms with Gasteiger partial charge in [-0.3, -0.25) is 20.2 Å². The van der Waals surface area contributed by atoms with Crippen molar-refractivity contribution in [1.82, 2.24) is 5.32 Å². The van der Waals surface area contributed by atoms with E-state index in [-0.39, 0.29) is 10.8 Å². The van der Waals surface area contributed by atoms with Crippen molar-refractivity contribution in [2.75, 3.05) is 43.1 Å². The number of amides is 1. The van der Waals surface area contributed by atoms with Gasteiger partial charge in [0.05, 0.1) is 24.7 Å². The number of ether oxygens (including phenoxy) is 2. The maximum Gasteiger partial charge on any atom is 0.294 e. The third-order valence-electron chi connectivity index (χ3n) is 4.44. The van der Waals surface area contributed by atoms with E-state index in [1.165, 1.54) is 6.07 Å². The fourth-order valence-electron chi connectivity index (χ4n) is 3.03. The second-order valence-electron chi connectivity index (χ2n) is 6.43. The molecule has 30 heavy (non-hydrogen) atoms. The molecule has 0 bridgehead atoms. The summed E-state index contributed by atoms with van der Waals surface area (Å²) in [7, 11) is 0. The summed E-state index contributed by atoms with van der Waals surface area (Å²) in [6.07, 6.45) is 0. The zero-order valence-electron chi connectivity index (χ0n) is 16.4. The first-order chi connectivity index (χ1) is 14.5. The van der Waals surface area contributed by atoms with Crippen LogP contribution in [0.3, 0.4) is 0 Å². The summed E-state index contributed by atoms with van der Waals surface area (Å²) in [5.41, 5.74) is 1.31. The number of hydrogen-bond donors (Lipinski definition) is 2. The molecule has 1 fully saturated rings. The lowest BCUT2D eigenvalue weighted by Gasteiger charge is -2.28. The van der Waals surface area contributed by atoms with E-state index in [1.807, 2.05) is 11.8 Å². The Hall–Kier alpha value is -3.24. The van der Waals surface area contributed by atoms with Crippen molar-refractivity contribution >= 4 is 40.3 Å². The maximum atomic E-state index is 12.3. The van der Waals surface area contributed by atoms with E-state index in [1.54, 1.807) is 36.4 Å². The summed E-state index contributed by atoms with van der Waals surface area (Å²) in [5, 5.41) is 17.0. The predicted molar refractivity (Wildman–Crippen MR) is 117 cm³/mol. The number of benzene rings is 2. The highest BCUT2D eigenvalue weighted by Gasteiger charge is 2.22. The molecule has 0 atom stereocenters.